The van der Waals surface area contributed by atoms with Crippen molar-refractivity contribution in [3.8, 4) is 11.5 Å². The molecular formula is C28H38O10. The van der Waals surface area contributed by atoms with Crippen LogP contribution < -0.4 is 9.47 Å². The number of hydrogen-bond acceptors (Lipinski definition) is 10. The van der Waals surface area contributed by atoms with Gasteiger partial charge < -0.3 is 43.8 Å². The van der Waals surface area contributed by atoms with Gasteiger partial charge in [-0.3, -0.25) is 4.79 Å². The van der Waals surface area contributed by atoms with Gasteiger partial charge in [-0.05, 0) is 50.5 Å². The van der Waals surface area contributed by atoms with Crippen molar-refractivity contribution in [2.45, 2.75) is 94.9 Å². The quantitative estimate of drug-likeness (QED) is 0.390. The van der Waals surface area contributed by atoms with Crippen LogP contribution in [0.1, 0.15) is 68.1 Å². The summed E-state index contributed by atoms with van der Waals surface area (Å²) in [6.45, 7) is 1.48. The van der Waals surface area contributed by atoms with Crippen molar-refractivity contribution in [2.24, 2.45) is 5.92 Å². The van der Waals surface area contributed by atoms with Crippen molar-refractivity contribution in [3.05, 3.63) is 23.0 Å². The normalized spacial score (nSPS) is 30.2. The second-order valence-electron chi connectivity index (χ2n) is 10.6. The van der Waals surface area contributed by atoms with Crippen molar-refractivity contribution in [2.75, 3.05) is 20.3 Å². The van der Waals surface area contributed by atoms with Crippen LogP contribution in [0, 0.1) is 5.92 Å². The second kappa shape index (κ2) is 11.4. The fourth-order valence-electron chi connectivity index (χ4n) is 6.30. The average molecular weight is 535 g/mol. The number of benzene rings is 1. The van der Waals surface area contributed by atoms with Crippen molar-refractivity contribution >= 4 is 16.9 Å². The Kier molecular flexibility index (Phi) is 8.16. The summed E-state index contributed by atoms with van der Waals surface area (Å²) in [6.07, 6.45) is 1.85. The molecule has 0 bridgehead atoms. The molecule has 6 atom stereocenters. The van der Waals surface area contributed by atoms with Gasteiger partial charge in [-0.15, -0.1) is 0 Å². The molecule has 1 aromatic heterocycles. The molecule has 10 heteroatoms. The van der Waals surface area contributed by atoms with E-state index in [1.165, 1.54) is 26.4 Å². The zero-order chi connectivity index (χ0) is 27.0. The molecule has 2 heterocycles. The molecule has 0 unspecified atom stereocenters. The molecule has 5 rings (SSSR count). The molecule has 1 saturated carbocycles. The number of carbonyl (C=O) groups is 1. The van der Waals surface area contributed by atoms with Crippen LogP contribution in [0.15, 0.2) is 10.7 Å². The van der Waals surface area contributed by atoms with E-state index in [0.717, 1.165) is 34.9 Å². The number of aryl methyl sites for hydroxylation is 1. The summed E-state index contributed by atoms with van der Waals surface area (Å²) in [5, 5.41) is 41.8. The van der Waals surface area contributed by atoms with Crippen LogP contribution in [0.25, 0.3) is 11.0 Å². The van der Waals surface area contributed by atoms with Crippen molar-refractivity contribution in [1.82, 2.24) is 0 Å². The molecule has 1 aromatic carbocycles. The predicted octanol–water partition coefficient (Wildman–Crippen LogP) is 2.34. The molecule has 210 valence electrons. The summed E-state index contributed by atoms with van der Waals surface area (Å²) in [5.74, 6) is 0.265. The number of esters is 1. The highest BCUT2D eigenvalue weighted by Gasteiger charge is 2.46. The fourth-order valence-corrected chi connectivity index (χ4v) is 6.30. The Bertz CT molecular complexity index is 1130. The summed E-state index contributed by atoms with van der Waals surface area (Å²) in [7, 11) is 1.50. The highest BCUT2D eigenvalue weighted by molar-refractivity contribution is 5.94. The molecule has 3 aliphatic rings. The highest BCUT2D eigenvalue weighted by atomic mass is 16.7. The molecule has 0 amide bonds. The summed E-state index contributed by atoms with van der Waals surface area (Å²) >= 11 is 0. The van der Waals surface area contributed by atoms with Gasteiger partial charge in [-0.1, -0.05) is 19.3 Å². The lowest BCUT2D eigenvalue weighted by molar-refractivity contribution is -0.277. The number of furan rings is 1. The van der Waals surface area contributed by atoms with Gasteiger partial charge in [0.15, 0.2) is 11.3 Å². The lowest BCUT2D eigenvalue weighted by Crippen LogP contribution is -2.60. The van der Waals surface area contributed by atoms with Gasteiger partial charge in [0.05, 0.1) is 32.5 Å². The Balaban J connectivity index is 1.62. The summed E-state index contributed by atoms with van der Waals surface area (Å²) in [5.41, 5.74) is 3.42. The molecule has 4 N–H and O–H groups in total. The topological polar surface area (TPSA) is 148 Å². The molecule has 1 saturated heterocycles. The third-order valence-corrected chi connectivity index (χ3v) is 8.32. The molecule has 0 radical (unpaired) electrons. The summed E-state index contributed by atoms with van der Waals surface area (Å²) in [6, 6.07) is 0. The van der Waals surface area contributed by atoms with Gasteiger partial charge >= 0.3 is 5.97 Å². The van der Waals surface area contributed by atoms with Gasteiger partial charge in [0, 0.05) is 16.5 Å². The standard InChI is InChI=1S/C28H38O10/c1-3-35-27(33)15-9-10-16-17(11-15)24(38-28-23(32)22(31)21(30)19(12-29)37-28)26(34-2)25-20(16)18(13-36-25)14-7-5-4-6-8-14/h13-15,19,21-23,28-32H,3-12H2,1-2H3/t15-,19-,21-,22+,23-,28+/m1/s1. The molecule has 1 aliphatic heterocycles. The molecule has 2 aliphatic carbocycles. The van der Waals surface area contributed by atoms with Gasteiger partial charge in [0.1, 0.15) is 24.4 Å². The van der Waals surface area contributed by atoms with Crippen LogP contribution in [0.2, 0.25) is 0 Å². The highest BCUT2D eigenvalue weighted by Crippen LogP contribution is 2.50. The third-order valence-electron chi connectivity index (χ3n) is 8.32. The van der Waals surface area contributed by atoms with E-state index in [4.69, 9.17) is 23.4 Å². The monoisotopic (exact) mass is 534 g/mol. The third kappa shape index (κ3) is 4.77. The van der Waals surface area contributed by atoms with E-state index in [9.17, 15) is 25.2 Å². The number of aliphatic hydroxyl groups is 4. The molecule has 2 aromatic rings. The minimum absolute atomic E-state index is 0.248. The first kappa shape index (κ1) is 27.2. The zero-order valence-electron chi connectivity index (χ0n) is 21.9. The minimum atomic E-state index is -1.59. The van der Waals surface area contributed by atoms with Gasteiger partial charge in [-0.25, -0.2) is 0 Å². The van der Waals surface area contributed by atoms with E-state index in [1.807, 2.05) is 0 Å². The SMILES string of the molecule is CCOC(=O)[C@@H]1CCc2c(c(O[C@@H]3O[C@H](CO)[C@@H](O)[C@H](O)[C@H]3O)c(OC)c3occ(C4CCCCC4)c23)C1. The summed E-state index contributed by atoms with van der Waals surface area (Å²) in [4.78, 5) is 12.7. The first-order valence-corrected chi connectivity index (χ1v) is 13.7. The summed E-state index contributed by atoms with van der Waals surface area (Å²) < 4.78 is 29.1. The number of hydrogen-bond donors (Lipinski definition) is 4. The van der Waals surface area contributed by atoms with Gasteiger partial charge in [0.25, 0.3) is 0 Å². The van der Waals surface area contributed by atoms with Crippen LogP contribution in [0.3, 0.4) is 0 Å². The van der Waals surface area contributed by atoms with Crippen molar-refractivity contribution in [3.63, 3.8) is 0 Å². The van der Waals surface area contributed by atoms with E-state index >= 15 is 0 Å². The number of fused-ring (bicyclic) bond motifs is 3. The average Bonchev–Trinajstić information content (AvgIpc) is 3.38. The van der Waals surface area contributed by atoms with Crippen LogP contribution in [-0.2, 0) is 27.1 Å². The van der Waals surface area contributed by atoms with Crippen molar-refractivity contribution in [1.29, 1.82) is 0 Å². The number of rotatable bonds is 7. The molecule has 38 heavy (non-hydrogen) atoms. The smallest absolute Gasteiger partial charge is 0.309 e. The number of carbonyl (C=O) groups excluding carboxylic acids is 1. The molecule has 2 fully saturated rings. The van der Waals surface area contributed by atoms with Gasteiger partial charge in [0.2, 0.25) is 12.0 Å². The Labute approximate surface area is 221 Å². The largest absolute Gasteiger partial charge is 0.490 e. The molecule has 0 spiro atoms. The maximum absolute atomic E-state index is 12.7. The van der Waals surface area contributed by atoms with Gasteiger partial charge in [-0.2, -0.15) is 0 Å². The molecular weight excluding hydrogens is 496 g/mol. The first-order valence-electron chi connectivity index (χ1n) is 13.7. The number of methoxy groups -OCH3 is 1. The van der Waals surface area contributed by atoms with E-state index < -0.39 is 37.3 Å². The Morgan fingerprint density at radius 1 is 1.03 bits per heavy atom. The van der Waals surface area contributed by atoms with Crippen molar-refractivity contribution < 1.29 is 48.6 Å². The van der Waals surface area contributed by atoms with E-state index in [0.29, 0.717) is 36.5 Å². The maximum atomic E-state index is 12.7. The lowest BCUT2D eigenvalue weighted by atomic mass is 9.78. The number of aliphatic hydroxyl groups excluding tert-OH is 4. The minimum Gasteiger partial charge on any atom is -0.490 e. The zero-order valence-corrected chi connectivity index (χ0v) is 21.9. The van der Waals surface area contributed by atoms with Crippen LogP contribution in [-0.4, -0.2) is 77.4 Å². The fraction of sp³-hybridized carbons (Fsp3) is 0.679. The van der Waals surface area contributed by atoms with E-state index in [-0.39, 0.29) is 24.2 Å². The predicted molar refractivity (Wildman–Crippen MR) is 135 cm³/mol. The number of ether oxygens (including phenoxy) is 4. The van der Waals surface area contributed by atoms with Crippen LogP contribution in [0.5, 0.6) is 11.5 Å². The Hall–Kier alpha value is -2.37. The first-order chi connectivity index (χ1) is 18.4. The Morgan fingerprint density at radius 3 is 2.47 bits per heavy atom. The van der Waals surface area contributed by atoms with E-state index in [1.54, 1.807) is 13.2 Å². The second-order valence-corrected chi connectivity index (χ2v) is 10.6. The lowest BCUT2D eigenvalue weighted by Gasteiger charge is -2.40. The van der Waals surface area contributed by atoms with E-state index in [2.05, 4.69) is 0 Å². The Morgan fingerprint density at radius 2 is 1.79 bits per heavy atom. The van der Waals surface area contributed by atoms with Crippen LogP contribution in [0.4, 0.5) is 0 Å². The molecule has 10 nitrogen and oxygen atoms in total. The maximum Gasteiger partial charge on any atom is 0.309 e. The van der Waals surface area contributed by atoms with Crippen LogP contribution >= 0.6 is 0 Å².